The van der Waals surface area contributed by atoms with E-state index in [2.05, 4.69) is 343 Å². The van der Waals surface area contributed by atoms with Gasteiger partial charge in [-0.05, 0) is 195 Å². The molecule has 0 aliphatic carbocycles. The standard InChI is InChI=1S/C90H60N6S/c1-54-25-45-80-70(49-54)71-50-55(2)26-46-81(71)95(80)64-39-31-59(32-40-64)86-85(58-29-37-62(38-30-58)93-76-20-10-5-15-66(76)67-16-6-11-21-77(67)93)74(53-91)89(90-92-75-19-9-14-24-84(75)97-90)88(61-35-43-63(44-36-61)94-78-22-12-7-17-68(78)69-18-8-13-23-79(69)94)87(86)60-33-41-65(42-34-60)96-82-47-27-56(3)51-72(82)73-52-57(4)28-48-83(73)96/h5-52H,1-4H3. The van der Waals surface area contributed by atoms with E-state index in [0.29, 0.717) is 5.56 Å². The molecule has 456 valence electrons. The van der Waals surface area contributed by atoms with Crippen molar-refractivity contribution in [2.75, 3.05) is 0 Å². The summed E-state index contributed by atoms with van der Waals surface area (Å²) in [5.41, 5.74) is 28.0. The minimum Gasteiger partial charge on any atom is -0.309 e. The summed E-state index contributed by atoms with van der Waals surface area (Å²) in [6.07, 6.45) is 0. The van der Waals surface area contributed by atoms with E-state index in [1.54, 1.807) is 11.3 Å². The number of fused-ring (bicyclic) bond motifs is 13. The number of aryl methyl sites for hydroxylation is 4. The lowest BCUT2D eigenvalue weighted by Gasteiger charge is -2.26. The van der Waals surface area contributed by atoms with Gasteiger partial charge in [0.05, 0.1) is 59.9 Å². The topological polar surface area (TPSA) is 56.4 Å². The number of nitriles is 1. The van der Waals surface area contributed by atoms with E-state index >= 15 is 0 Å². The first kappa shape index (κ1) is 56.2. The SMILES string of the molecule is Cc1ccc2c(c1)c1cc(C)ccc1n2-c1ccc(-c2c(-c3ccc(-n4c5ccccc5c5ccccc54)cc3)c(C#N)c(-c3nc4ccccc4s3)c(-c3ccc(-n4c5ccccc5c5ccccc54)cc3)c2-c2ccc(-n3c4ccc(C)cc4c4cc(C)ccc43)cc2)cc1. The molecule has 0 saturated heterocycles. The Morgan fingerprint density at radius 3 is 0.887 bits per heavy atom. The number of hydrogen-bond donors (Lipinski definition) is 0. The number of rotatable bonds is 9. The third-order valence-corrected chi connectivity index (χ3v) is 21.1. The van der Waals surface area contributed by atoms with E-state index in [1.165, 1.54) is 65.3 Å². The summed E-state index contributed by atoms with van der Waals surface area (Å²) >= 11 is 1.64. The van der Waals surface area contributed by atoms with E-state index in [-0.39, 0.29) is 0 Å². The highest BCUT2D eigenvalue weighted by molar-refractivity contribution is 7.21. The first-order chi connectivity index (χ1) is 47.7. The minimum atomic E-state index is 0.550. The molecule has 0 amide bonds. The monoisotopic (exact) mass is 1260 g/mol. The van der Waals surface area contributed by atoms with Crippen molar-refractivity contribution in [3.63, 3.8) is 0 Å². The van der Waals surface area contributed by atoms with Gasteiger partial charge in [-0.2, -0.15) is 5.26 Å². The van der Waals surface area contributed by atoms with Crippen molar-refractivity contribution >= 4 is 109 Å². The van der Waals surface area contributed by atoms with Gasteiger partial charge in [-0.25, -0.2) is 4.98 Å². The van der Waals surface area contributed by atoms with E-state index in [1.807, 2.05) is 0 Å². The maximum Gasteiger partial charge on any atom is 0.126 e. The molecule has 19 aromatic rings. The normalized spacial score (nSPS) is 11.9. The highest BCUT2D eigenvalue weighted by Gasteiger charge is 2.31. The Labute approximate surface area is 564 Å². The summed E-state index contributed by atoms with van der Waals surface area (Å²) in [5, 5.41) is 23.1. The van der Waals surface area contributed by atoms with Gasteiger partial charge in [0.25, 0.3) is 0 Å². The molecule has 0 fully saturated rings. The Morgan fingerprint density at radius 1 is 0.278 bits per heavy atom. The molecule has 6 nitrogen and oxygen atoms in total. The molecule has 7 heteroatoms. The molecule has 19 rings (SSSR count). The van der Waals surface area contributed by atoms with Crippen LogP contribution >= 0.6 is 11.3 Å². The second-order valence-corrected chi connectivity index (χ2v) is 27.1. The summed E-state index contributed by atoms with van der Waals surface area (Å²) in [7, 11) is 0. The summed E-state index contributed by atoms with van der Waals surface area (Å²) in [6, 6.07) is 109. The molecular weight excluding hydrogens is 1200 g/mol. The van der Waals surface area contributed by atoms with E-state index in [4.69, 9.17) is 4.98 Å². The van der Waals surface area contributed by atoms with Crippen molar-refractivity contribution in [1.82, 2.24) is 23.3 Å². The Bertz CT molecular complexity index is 6260. The zero-order chi connectivity index (χ0) is 64.7. The number of hydrogen-bond acceptors (Lipinski definition) is 3. The van der Waals surface area contributed by atoms with E-state index in [0.717, 1.165) is 132 Å². The summed E-state index contributed by atoms with van der Waals surface area (Å²) in [4.78, 5) is 5.55. The number of benzene rings is 14. The molecule has 0 atom stereocenters. The van der Waals surface area contributed by atoms with Crippen LogP contribution in [0.1, 0.15) is 27.8 Å². The Kier molecular flexibility index (Phi) is 12.7. The van der Waals surface area contributed by atoms with Crippen LogP contribution in [0.3, 0.4) is 0 Å². The number of nitrogens with zero attached hydrogens (tertiary/aromatic N) is 6. The van der Waals surface area contributed by atoms with Gasteiger partial charge in [0, 0.05) is 82.5 Å². The molecule has 97 heavy (non-hydrogen) atoms. The van der Waals surface area contributed by atoms with Crippen LogP contribution in [0, 0.1) is 39.0 Å². The van der Waals surface area contributed by atoms with Gasteiger partial charge in [-0.1, -0.05) is 180 Å². The molecule has 14 aromatic carbocycles. The fraction of sp³-hybridized carbons (Fsp3) is 0.0444. The summed E-state index contributed by atoms with van der Waals surface area (Å²) in [6.45, 7) is 8.70. The molecule has 5 aromatic heterocycles. The molecule has 0 aliphatic heterocycles. The van der Waals surface area contributed by atoms with Crippen LogP contribution in [-0.2, 0) is 0 Å². The highest BCUT2D eigenvalue weighted by Crippen LogP contribution is 2.55. The zero-order valence-electron chi connectivity index (χ0n) is 53.8. The second kappa shape index (κ2) is 21.9. The average molecular weight is 1260 g/mol. The van der Waals surface area contributed by atoms with Crippen molar-refractivity contribution in [3.8, 4) is 83.9 Å². The van der Waals surface area contributed by atoms with Gasteiger partial charge in [-0.15, -0.1) is 11.3 Å². The number of thiazole rings is 1. The highest BCUT2D eigenvalue weighted by atomic mass is 32.1. The number of aromatic nitrogens is 5. The van der Waals surface area contributed by atoms with Crippen LogP contribution in [0.4, 0.5) is 0 Å². The molecule has 0 N–H and O–H groups in total. The first-order valence-electron chi connectivity index (χ1n) is 33.1. The van der Waals surface area contributed by atoms with E-state index < -0.39 is 0 Å². The van der Waals surface area contributed by atoms with Crippen LogP contribution in [0.2, 0.25) is 0 Å². The molecular formula is C90H60N6S. The van der Waals surface area contributed by atoms with Gasteiger partial charge >= 0.3 is 0 Å². The van der Waals surface area contributed by atoms with Gasteiger partial charge in [0.1, 0.15) is 11.1 Å². The maximum absolute atomic E-state index is 12.6. The largest absolute Gasteiger partial charge is 0.309 e. The van der Waals surface area contributed by atoms with Crippen molar-refractivity contribution < 1.29 is 0 Å². The lowest BCUT2D eigenvalue weighted by atomic mass is 9.77. The average Bonchev–Trinajstić information content (AvgIpc) is 1.34. The third-order valence-electron chi connectivity index (χ3n) is 20.1. The fourth-order valence-corrected chi connectivity index (χ4v) is 16.8. The second-order valence-electron chi connectivity index (χ2n) is 26.0. The molecule has 0 spiro atoms. The van der Waals surface area contributed by atoms with Crippen LogP contribution in [-0.4, -0.2) is 23.3 Å². The molecule has 0 aliphatic rings. The fourth-order valence-electron chi connectivity index (χ4n) is 15.8. The minimum absolute atomic E-state index is 0.550. The van der Waals surface area contributed by atoms with E-state index in [9.17, 15) is 5.26 Å². The molecule has 5 heterocycles. The Balaban J connectivity index is 0.923. The zero-order valence-corrected chi connectivity index (χ0v) is 54.6. The van der Waals surface area contributed by atoms with Gasteiger partial charge in [-0.3, -0.25) is 0 Å². The quantitative estimate of drug-likeness (QED) is 0.145. The van der Waals surface area contributed by atoms with Crippen molar-refractivity contribution in [2.24, 2.45) is 0 Å². The lowest BCUT2D eigenvalue weighted by Crippen LogP contribution is -2.03. The van der Waals surface area contributed by atoms with Crippen molar-refractivity contribution in [3.05, 3.63) is 319 Å². The third kappa shape index (κ3) is 8.74. The summed E-state index contributed by atoms with van der Waals surface area (Å²) in [5.74, 6) is 0. The van der Waals surface area contributed by atoms with Crippen LogP contribution in [0.25, 0.3) is 175 Å². The molecule has 0 radical (unpaired) electrons. The first-order valence-corrected chi connectivity index (χ1v) is 34.0. The van der Waals surface area contributed by atoms with Gasteiger partial charge < -0.3 is 18.3 Å². The van der Waals surface area contributed by atoms with Gasteiger partial charge in [0.15, 0.2) is 0 Å². The smallest absolute Gasteiger partial charge is 0.126 e. The van der Waals surface area contributed by atoms with Crippen molar-refractivity contribution in [1.29, 1.82) is 5.26 Å². The van der Waals surface area contributed by atoms with Gasteiger partial charge in [0.2, 0.25) is 0 Å². The maximum atomic E-state index is 12.6. The lowest BCUT2D eigenvalue weighted by molar-refractivity contribution is 1.18. The summed E-state index contributed by atoms with van der Waals surface area (Å²) < 4.78 is 10.6. The van der Waals surface area contributed by atoms with Crippen LogP contribution in [0.5, 0.6) is 0 Å². The molecule has 0 saturated carbocycles. The number of para-hydroxylation sites is 5. The predicted octanol–water partition coefficient (Wildman–Crippen LogP) is 24.1. The Morgan fingerprint density at radius 2 is 0.557 bits per heavy atom. The molecule has 0 bridgehead atoms. The predicted molar refractivity (Wildman–Crippen MR) is 408 cm³/mol. The Hall–Kier alpha value is -12.3. The van der Waals surface area contributed by atoms with Crippen LogP contribution in [0.15, 0.2) is 291 Å². The van der Waals surface area contributed by atoms with Crippen molar-refractivity contribution in [2.45, 2.75) is 27.7 Å². The van der Waals surface area contributed by atoms with Crippen LogP contribution < -0.4 is 0 Å². The molecule has 0 unspecified atom stereocenters.